The highest BCUT2D eigenvalue weighted by Crippen LogP contribution is 2.31. The highest BCUT2D eigenvalue weighted by Gasteiger charge is 2.20. The van der Waals surface area contributed by atoms with Gasteiger partial charge in [0.2, 0.25) is 5.75 Å². The minimum Gasteiger partial charge on any atom is -0.475 e. The van der Waals surface area contributed by atoms with E-state index in [0.29, 0.717) is 5.56 Å². The molecule has 0 radical (unpaired) electrons. The lowest BCUT2D eigenvalue weighted by Crippen LogP contribution is -2.31. The van der Waals surface area contributed by atoms with E-state index in [9.17, 15) is 10.1 Å². The van der Waals surface area contributed by atoms with Crippen LogP contribution >= 0.6 is 0 Å². The number of hydrogen-bond acceptors (Lipinski definition) is 5. The molecule has 0 fully saturated rings. The maximum Gasteiger partial charge on any atom is 0.311 e. The molecule has 0 aliphatic heterocycles. The first-order valence-corrected chi connectivity index (χ1v) is 4.85. The summed E-state index contributed by atoms with van der Waals surface area (Å²) in [4.78, 5) is 10.3. The molecule has 92 valence electrons. The van der Waals surface area contributed by atoms with Crippen molar-refractivity contribution in [3.8, 4) is 5.75 Å². The average molecular weight is 239 g/mol. The van der Waals surface area contributed by atoms with Crippen LogP contribution in [0.25, 0.3) is 0 Å². The molecule has 7 nitrogen and oxygen atoms in total. The Morgan fingerprint density at radius 2 is 2.29 bits per heavy atom. The Labute approximate surface area is 97.6 Å². The van der Waals surface area contributed by atoms with Gasteiger partial charge in [0.05, 0.1) is 4.92 Å². The molecule has 1 atom stereocenters. The summed E-state index contributed by atoms with van der Waals surface area (Å²) in [6, 6.07) is 4.58. The van der Waals surface area contributed by atoms with Gasteiger partial charge in [-0.2, -0.15) is 0 Å². The summed E-state index contributed by atoms with van der Waals surface area (Å²) in [6.07, 6.45) is -0.750. The van der Waals surface area contributed by atoms with Gasteiger partial charge >= 0.3 is 5.69 Å². The first-order valence-electron chi connectivity index (χ1n) is 4.85. The van der Waals surface area contributed by atoms with Gasteiger partial charge in [-0.3, -0.25) is 10.1 Å². The van der Waals surface area contributed by atoms with Crippen molar-refractivity contribution in [1.82, 2.24) is 0 Å². The largest absolute Gasteiger partial charge is 0.475 e. The van der Waals surface area contributed by atoms with Gasteiger partial charge in [0.15, 0.2) is 11.9 Å². The third kappa shape index (κ3) is 2.83. The molecule has 1 unspecified atom stereocenters. The topological polar surface area (TPSA) is 111 Å². The van der Waals surface area contributed by atoms with Crippen molar-refractivity contribution in [2.75, 3.05) is 0 Å². The molecular weight excluding hydrogens is 226 g/mol. The van der Waals surface area contributed by atoms with Gasteiger partial charge < -0.3 is 15.7 Å². The molecule has 3 N–H and O–H groups in total. The molecule has 0 aliphatic carbocycles. The van der Waals surface area contributed by atoms with Gasteiger partial charge in [-0.1, -0.05) is 17.3 Å². The second-order valence-corrected chi connectivity index (χ2v) is 3.47. The molecule has 0 amide bonds. The monoisotopic (exact) mass is 239 g/mol. The Balaban J connectivity index is 3.09. The Morgan fingerprint density at radius 1 is 1.65 bits per heavy atom. The first-order chi connectivity index (χ1) is 7.97. The molecular formula is C10H13N3O4. The molecule has 0 saturated carbocycles. The second kappa shape index (κ2) is 5.15. The zero-order valence-corrected chi connectivity index (χ0v) is 9.45. The van der Waals surface area contributed by atoms with E-state index in [2.05, 4.69) is 5.16 Å². The van der Waals surface area contributed by atoms with Crippen molar-refractivity contribution >= 4 is 11.5 Å². The standard InChI is InChI=1S/C10H13N3O4/c1-6-4-3-5-8(13(15)16)9(6)17-7(2)10(11)12-14/h3-5,7,14H,1-2H3,(H2,11,12). The summed E-state index contributed by atoms with van der Waals surface area (Å²) in [5.41, 5.74) is 5.80. The van der Waals surface area contributed by atoms with Crippen LogP contribution in [0.4, 0.5) is 5.69 Å². The van der Waals surface area contributed by atoms with Crippen LogP contribution in [0.2, 0.25) is 0 Å². The fourth-order valence-electron chi connectivity index (χ4n) is 1.25. The number of para-hydroxylation sites is 1. The first kappa shape index (κ1) is 12.8. The Kier molecular flexibility index (Phi) is 3.86. The summed E-state index contributed by atoms with van der Waals surface area (Å²) in [5.74, 6) is -0.0286. The number of hydrogen-bond donors (Lipinski definition) is 2. The fraction of sp³-hybridized carbons (Fsp3) is 0.300. The third-order valence-corrected chi connectivity index (χ3v) is 2.21. The average Bonchev–Trinajstić information content (AvgIpc) is 2.30. The van der Waals surface area contributed by atoms with E-state index in [1.54, 1.807) is 19.1 Å². The van der Waals surface area contributed by atoms with E-state index in [4.69, 9.17) is 15.7 Å². The summed E-state index contributed by atoms with van der Waals surface area (Å²) in [5, 5.41) is 22.1. The van der Waals surface area contributed by atoms with Crippen LogP contribution < -0.4 is 10.5 Å². The Bertz CT molecular complexity index is 459. The zero-order chi connectivity index (χ0) is 13.0. The van der Waals surface area contributed by atoms with E-state index in [-0.39, 0.29) is 17.3 Å². The lowest BCUT2D eigenvalue weighted by Gasteiger charge is -2.14. The molecule has 0 heterocycles. The number of aryl methyl sites for hydroxylation is 1. The normalized spacial score (nSPS) is 13.2. The van der Waals surface area contributed by atoms with Crippen LogP contribution in [0.1, 0.15) is 12.5 Å². The maximum absolute atomic E-state index is 10.8. The van der Waals surface area contributed by atoms with Crippen LogP contribution in [0, 0.1) is 17.0 Å². The Hall–Kier alpha value is -2.31. The van der Waals surface area contributed by atoms with Crippen LogP contribution in [0.3, 0.4) is 0 Å². The quantitative estimate of drug-likeness (QED) is 0.271. The van der Waals surface area contributed by atoms with Crippen molar-refractivity contribution in [3.05, 3.63) is 33.9 Å². The molecule has 17 heavy (non-hydrogen) atoms. The second-order valence-electron chi connectivity index (χ2n) is 3.47. The van der Waals surface area contributed by atoms with Crippen LogP contribution in [0.15, 0.2) is 23.4 Å². The van der Waals surface area contributed by atoms with E-state index in [1.807, 2.05) is 0 Å². The predicted molar refractivity (Wildman–Crippen MR) is 61.3 cm³/mol. The molecule has 7 heteroatoms. The molecule has 0 saturated heterocycles. The van der Waals surface area contributed by atoms with Crippen LogP contribution in [-0.4, -0.2) is 22.1 Å². The summed E-state index contributed by atoms with van der Waals surface area (Å²) >= 11 is 0. The minimum atomic E-state index is -0.750. The van der Waals surface area contributed by atoms with E-state index < -0.39 is 11.0 Å². The predicted octanol–water partition coefficient (Wildman–Crippen LogP) is 1.42. The number of nitro benzene ring substituents is 1. The van der Waals surface area contributed by atoms with Crippen molar-refractivity contribution in [2.24, 2.45) is 10.9 Å². The van der Waals surface area contributed by atoms with Crippen molar-refractivity contribution in [1.29, 1.82) is 0 Å². The Morgan fingerprint density at radius 3 is 2.82 bits per heavy atom. The van der Waals surface area contributed by atoms with Gasteiger partial charge in [0, 0.05) is 6.07 Å². The van der Waals surface area contributed by atoms with Crippen molar-refractivity contribution < 1.29 is 14.9 Å². The lowest BCUT2D eigenvalue weighted by molar-refractivity contribution is -0.386. The smallest absolute Gasteiger partial charge is 0.311 e. The number of oxime groups is 1. The number of amidine groups is 1. The lowest BCUT2D eigenvalue weighted by atomic mass is 10.2. The minimum absolute atomic E-state index is 0.122. The number of nitrogens with zero attached hydrogens (tertiary/aromatic N) is 2. The zero-order valence-electron chi connectivity index (χ0n) is 9.45. The number of benzene rings is 1. The van der Waals surface area contributed by atoms with Crippen molar-refractivity contribution in [3.63, 3.8) is 0 Å². The van der Waals surface area contributed by atoms with E-state index >= 15 is 0 Å². The van der Waals surface area contributed by atoms with Gasteiger partial charge in [-0.15, -0.1) is 0 Å². The summed E-state index contributed by atoms with van der Waals surface area (Å²) in [6.45, 7) is 3.21. The number of rotatable bonds is 4. The molecule has 1 rings (SSSR count). The molecule has 0 aromatic heterocycles. The van der Waals surface area contributed by atoms with Crippen LogP contribution in [0.5, 0.6) is 5.75 Å². The summed E-state index contributed by atoms with van der Waals surface area (Å²) < 4.78 is 5.33. The molecule has 1 aromatic rings. The van der Waals surface area contributed by atoms with Crippen LogP contribution in [-0.2, 0) is 0 Å². The maximum atomic E-state index is 10.8. The third-order valence-electron chi connectivity index (χ3n) is 2.21. The highest BCUT2D eigenvalue weighted by molar-refractivity contribution is 5.84. The number of nitro groups is 1. The SMILES string of the molecule is Cc1cccc([N+](=O)[O-])c1OC(C)/C(N)=N/O. The van der Waals surface area contributed by atoms with Gasteiger partial charge in [0.25, 0.3) is 0 Å². The number of ether oxygens (including phenoxy) is 1. The molecule has 1 aromatic carbocycles. The van der Waals surface area contributed by atoms with E-state index in [0.717, 1.165) is 0 Å². The van der Waals surface area contributed by atoms with Gasteiger partial charge in [-0.25, -0.2) is 0 Å². The number of nitrogens with two attached hydrogens (primary N) is 1. The van der Waals surface area contributed by atoms with E-state index in [1.165, 1.54) is 13.0 Å². The molecule has 0 spiro atoms. The van der Waals surface area contributed by atoms with Gasteiger partial charge in [0.1, 0.15) is 0 Å². The summed E-state index contributed by atoms with van der Waals surface area (Å²) in [7, 11) is 0. The fourth-order valence-corrected chi connectivity index (χ4v) is 1.25. The van der Waals surface area contributed by atoms with Crippen molar-refractivity contribution in [2.45, 2.75) is 20.0 Å². The molecule has 0 bridgehead atoms. The van der Waals surface area contributed by atoms with Gasteiger partial charge in [-0.05, 0) is 19.4 Å². The molecule has 0 aliphatic rings. The highest BCUT2D eigenvalue weighted by atomic mass is 16.6.